The standard InChI is InChI=1S/C12H22N4/c1-12(5-4-6-14-12)10-15(2)9-11-13-7-8-16(11)3/h7-8,14H,4-6,9-10H2,1-3H3. The molecule has 1 aromatic heterocycles. The van der Waals surface area contributed by atoms with Gasteiger partial charge < -0.3 is 9.88 Å². The Morgan fingerprint density at radius 2 is 2.44 bits per heavy atom. The van der Waals surface area contributed by atoms with Crippen molar-refractivity contribution in [2.75, 3.05) is 20.1 Å². The molecule has 1 aliphatic heterocycles. The first kappa shape index (κ1) is 11.6. The molecule has 1 atom stereocenters. The minimum atomic E-state index is 0.292. The number of rotatable bonds is 4. The monoisotopic (exact) mass is 222 g/mol. The third-order valence-corrected chi connectivity index (χ3v) is 3.41. The van der Waals surface area contributed by atoms with Crippen LogP contribution in [0.5, 0.6) is 0 Å². The Bertz CT molecular complexity index is 339. The average molecular weight is 222 g/mol. The summed E-state index contributed by atoms with van der Waals surface area (Å²) in [6.07, 6.45) is 6.43. The van der Waals surface area contributed by atoms with E-state index >= 15 is 0 Å². The van der Waals surface area contributed by atoms with Crippen molar-refractivity contribution >= 4 is 0 Å². The Balaban J connectivity index is 1.89. The second-order valence-corrected chi connectivity index (χ2v) is 5.22. The number of nitrogens with zero attached hydrogens (tertiary/aromatic N) is 3. The molecule has 2 heterocycles. The highest BCUT2D eigenvalue weighted by atomic mass is 15.2. The first-order valence-corrected chi connectivity index (χ1v) is 5.99. The van der Waals surface area contributed by atoms with Crippen molar-refractivity contribution in [1.29, 1.82) is 0 Å². The first-order valence-electron chi connectivity index (χ1n) is 5.99. The molecule has 1 aliphatic rings. The van der Waals surface area contributed by atoms with Crippen LogP contribution in [0.25, 0.3) is 0 Å². The van der Waals surface area contributed by atoms with Gasteiger partial charge in [-0.05, 0) is 33.4 Å². The molecule has 1 aromatic rings. The van der Waals surface area contributed by atoms with Crippen LogP contribution in [-0.4, -0.2) is 40.1 Å². The molecule has 16 heavy (non-hydrogen) atoms. The zero-order chi connectivity index (χ0) is 11.6. The van der Waals surface area contributed by atoms with Gasteiger partial charge in [-0.25, -0.2) is 4.98 Å². The van der Waals surface area contributed by atoms with Crippen molar-refractivity contribution in [2.24, 2.45) is 7.05 Å². The molecule has 0 saturated carbocycles. The second kappa shape index (κ2) is 4.55. The van der Waals surface area contributed by atoms with Crippen molar-refractivity contribution in [3.63, 3.8) is 0 Å². The van der Waals surface area contributed by atoms with Crippen LogP contribution in [0.3, 0.4) is 0 Å². The Morgan fingerprint density at radius 3 is 3.00 bits per heavy atom. The van der Waals surface area contributed by atoms with Gasteiger partial charge in [-0.15, -0.1) is 0 Å². The molecule has 0 spiro atoms. The summed E-state index contributed by atoms with van der Waals surface area (Å²) < 4.78 is 2.08. The van der Waals surface area contributed by atoms with Crippen molar-refractivity contribution in [3.8, 4) is 0 Å². The molecule has 1 N–H and O–H groups in total. The molecule has 1 unspecified atom stereocenters. The lowest BCUT2D eigenvalue weighted by molar-refractivity contribution is 0.228. The highest BCUT2D eigenvalue weighted by Gasteiger charge is 2.29. The smallest absolute Gasteiger partial charge is 0.122 e. The van der Waals surface area contributed by atoms with E-state index in [-0.39, 0.29) is 0 Å². The third kappa shape index (κ3) is 2.62. The molecule has 0 amide bonds. The Hall–Kier alpha value is -0.870. The highest BCUT2D eigenvalue weighted by molar-refractivity contribution is 4.94. The number of imidazole rings is 1. The van der Waals surface area contributed by atoms with E-state index in [1.807, 2.05) is 19.4 Å². The highest BCUT2D eigenvalue weighted by Crippen LogP contribution is 2.19. The Kier molecular flexibility index (Phi) is 3.30. The fraction of sp³-hybridized carbons (Fsp3) is 0.750. The number of hydrogen-bond donors (Lipinski definition) is 1. The summed E-state index contributed by atoms with van der Waals surface area (Å²) in [5.74, 6) is 1.13. The maximum absolute atomic E-state index is 4.35. The lowest BCUT2D eigenvalue weighted by Gasteiger charge is -2.30. The minimum absolute atomic E-state index is 0.292. The van der Waals surface area contributed by atoms with Crippen LogP contribution < -0.4 is 5.32 Å². The fourth-order valence-electron chi connectivity index (χ4n) is 2.53. The molecule has 1 fully saturated rings. The van der Waals surface area contributed by atoms with Crippen LogP contribution in [0.15, 0.2) is 12.4 Å². The maximum atomic E-state index is 4.35. The molecule has 0 aromatic carbocycles. The molecule has 0 aliphatic carbocycles. The van der Waals surface area contributed by atoms with Gasteiger partial charge >= 0.3 is 0 Å². The third-order valence-electron chi connectivity index (χ3n) is 3.41. The molecular weight excluding hydrogens is 200 g/mol. The van der Waals surface area contributed by atoms with Gasteiger partial charge in [-0.3, -0.25) is 4.90 Å². The van der Waals surface area contributed by atoms with E-state index in [4.69, 9.17) is 0 Å². The lowest BCUT2D eigenvalue weighted by Crippen LogP contribution is -2.46. The van der Waals surface area contributed by atoms with Crippen LogP contribution in [0, 0.1) is 0 Å². The van der Waals surface area contributed by atoms with E-state index in [1.54, 1.807) is 0 Å². The summed E-state index contributed by atoms with van der Waals surface area (Å²) in [5, 5.41) is 3.59. The van der Waals surface area contributed by atoms with E-state index in [1.165, 1.54) is 12.8 Å². The summed E-state index contributed by atoms with van der Waals surface area (Å²) >= 11 is 0. The summed E-state index contributed by atoms with van der Waals surface area (Å²) in [6.45, 7) is 5.47. The van der Waals surface area contributed by atoms with Crippen LogP contribution in [-0.2, 0) is 13.6 Å². The zero-order valence-electron chi connectivity index (χ0n) is 10.5. The van der Waals surface area contributed by atoms with Crippen LogP contribution in [0.2, 0.25) is 0 Å². The Morgan fingerprint density at radius 1 is 1.62 bits per heavy atom. The first-order chi connectivity index (χ1) is 7.59. The molecule has 4 heteroatoms. The van der Waals surface area contributed by atoms with Crippen molar-refractivity contribution < 1.29 is 0 Å². The number of aromatic nitrogens is 2. The van der Waals surface area contributed by atoms with Gasteiger partial charge in [-0.2, -0.15) is 0 Å². The summed E-state index contributed by atoms with van der Waals surface area (Å²) in [4.78, 5) is 6.70. The molecular formula is C12H22N4. The molecule has 0 bridgehead atoms. The van der Waals surface area contributed by atoms with E-state index < -0.39 is 0 Å². The predicted molar refractivity (Wildman–Crippen MR) is 65.2 cm³/mol. The van der Waals surface area contributed by atoms with E-state index in [2.05, 4.69) is 33.7 Å². The van der Waals surface area contributed by atoms with E-state index in [0.717, 1.165) is 25.5 Å². The van der Waals surface area contributed by atoms with Crippen molar-refractivity contribution in [3.05, 3.63) is 18.2 Å². The topological polar surface area (TPSA) is 33.1 Å². The second-order valence-electron chi connectivity index (χ2n) is 5.22. The quantitative estimate of drug-likeness (QED) is 0.825. The largest absolute Gasteiger partial charge is 0.337 e. The lowest BCUT2D eigenvalue weighted by atomic mass is 10.00. The molecule has 2 rings (SSSR count). The molecule has 0 radical (unpaired) electrons. The summed E-state index contributed by atoms with van der Waals surface area (Å²) in [5.41, 5.74) is 0.292. The Labute approximate surface area is 97.7 Å². The predicted octanol–water partition coefficient (Wildman–Crippen LogP) is 0.994. The number of hydrogen-bond acceptors (Lipinski definition) is 3. The molecule has 4 nitrogen and oxygen atoms in total. The van der Waals surface area contributed by atoms with Crippen LogP contribution in [0.4, 0.5) is 0 Å². The normalized spacial score (nSPS) is 25.5. The van der Waals surface area contributed by atoms with Crippen LogP contribution in [0.1, 0.15) is 25.6 Å². The van der Waals surface area contributed by atoms with Gasteiger partial charge in [-0.1, -0.05) is 0 Å². The van der Waals surface area contributed by atoms with E-state index in [9.17, 15) is 0 Å². The maximum Gasteiger partial charge on any atom is 0.122 e. The number of nitrogens with one attached hydrogen (secondary N) is 1. The van der Waals surface area contributed by atoms with Crippen molar-refractivity contribution in [2.45, 2.75) is 31.8 Å². The number of aryl methyl sites for hydroxylation is 1. The van der Waals surface area contributed by atoms with Crippen molar-refractivity contribution in [1.82, 2.24) is 19.8 Å². The number of likely N-dealkylation sites (N-methyl/N-ethyl adjacent to an activating group) is 1. The summed E-state index contributed by atoms with van der Waals surface area (Å²) in [6, 6.07) is 0. The van der Waals surface area contributed by atoms with Gasteiger partial charge in [0.25, 0.3) is 0 Å². The van der Waals surface area contributed by atoms with Gasteiger partial charge in [0.15, 0.2) is 0 Å². The minimum Gasteiger partial charge on any atom is -0.337 e. The summed E-state index contributed by atoms with van der Waals surface area (Å²) in [7, 11) is 4.21. The van der Waals surface area contributed by atoms with E-state index in [0.29, 0.717) is 5.54 Å². The van der Waals surface area contributed by atoms with Crippen LogP contribution >= 0.6 is 0 Å². The van der Waals surface area contributed by atoms with Gasteiger partial charge in [0.05, 0.1) is 6.54 Å². The zero-order valence-corrected chi connectivity index (χ0v) is 10.5. The van der Waals surface area contributed by atoms with Gasteiger partial charge in [0.2, 0.25) is 0 Å². The molecule has 90 valence electrons. The van der Waals surface area contributed by atoms with Gasteiger partial charge in [0, 0.05) is 31.5 Å². The van der Waals surface area contributed by atoms with Gasteiger partial charge in [0.1, 0.15) is 5.82 Å². The molecule has 1 saturated heterocycles. The average Bonchev–Trinajstić information content (AvgIpc) is 2.77. The fourth-order valence-corrected chi connectivity index (χ4v) is 2.53. The SMILES string of the molecule is CN(Cc1nccn1C)CC1(C)CCCN1.